The van der Waals surface area contributed by atoms with E-state index in [9.17, 15) is 0 Å². The summed E-state index contributed by atoms with van der Waals surface area (Å²) in [5.74, 6) is 0.977. The molecule has 0 aromatic heterocycles. The van der Waals surface area contributed by atoms with E-state index in [1.807, 2.05) is 0 Å². The lowest BCUT2D eigenvalue weighted by Crippen LogP contribution is -2.32. The quantitative estimate of drug-likeness (QED) is 0.743. The Morgan fingerprint density at radius 2 is 2.12 bits per heavy atom. The lowest BCUT2D eigenvalue weighted by Gasteiger charge is -2.37. The van der Waals surface area contributed by atoms with E-state index < -0.39 is 0 Å². The van der Waals surface area contributed by atoms with Crippen molar-refractivity contribution in [3.63, 3.8) is 0 Å². The zero-order valence-corrected chi connectivity index (χ0v) is 12.0. The van der Waals surface area contributed by atoms with Crippen LogP contribution in [0.25, 0.3) is 0 Å². The summed E-state index contributed by atoms with van der Waals surface area (Å²) in [5, 5.41) is 0. The second-order valence-electron chi connectivity index (χ2n) is 6.88. The molecule has 1 heterocycles. The summed E-state index contributed by atoms with van der Waals surface area (Å²) in [6.45, 7) is 7.76. The molecule has 2 fully saturated rings. The smallest absolute Gasteiger partial charge is 0.00386 e. The van der Waals surface area contributed by atoms with Crippen LogP contribution in [-0.4, -0.2) is 50.1 Å². The lowest BCUT2D eigenvalue weighted by molar-refractivity contribution is 0.147. The van der Waals surface area contributed by atoms with Crippen molar-refractivity contribution in [1.82, 2.24) is 9.80 Å². The maximum absolute atomic E-state index is 2.72. The Hall–Kier alpha value is -0.0800. The van der Waals surface area contributed by atoms with Gasteiger partial charge in [-0.15, -0.1) is 0 Å². The zero-order chi connectivity index (χ0) is 12.3. The minimum atomic E-state index is 0.718. The molecule has 1 spiro atoms. The monoisotopic (exact) mass is 238 g/mol. The fourth-order valence-electron chi connectivity index (χ4n) is 3.97. The molecule has 2 heteroatoms. The molecule has 2 rings (SSSR count). The van der Waals surface area contributed by atoms with Crippen LogP contribution in [0.2, 0.25) is 0 Å². The van der Waals surface area contributed by atoms with Gasteiger partial charge in [0.2, 0.25) is 0 Å². The Kier molecular flexibility index (Phi) is 4.48. The van der Waals surface area contributed by atoms with Crippen molar-refractivity contribution < 1.29 is 0 Å². The van der Waals surface area contributed by atoms with Crippen molar-refractivity contribution in [2.75, 3.05) is 40.3 Å². The van der Waals surface area contributed by atoms with Crippen LogP contribution in [0.4, 0.5) is 0 Å². The lowest BCUT2D eigenvalue weighted by atomic mass is 9.70. The van der Waals surface area contributed by atoms with Crippen LogP contribution < -0.4 is 0 Å². The van der Waals surface area contributed by atoms with E-state index in [2.05, 4.69) is 30.8 Å². The van der Waals surface area contributed by atoms with Gasteiger partial charge in [0, 0.05) is 6.54 Å². The summed E-state index contributed by atoms with van der Waals surface area (Å²) in [4.78, 5) is 5.02. The minimum Gasteiger partial charge on any atom is -0.309 e. The van der Waals surface area contributed by atoms with E-state index in [0.29, 0.717) is 0 Å². The van der Waals surface area contributed by atoms with Gasteiger partial charge < -0.3 is 9.80 Å². The fraction of sp³-hybridized carbons (Fsp3) is 1.00. The highest BCUT2D eigenvalue weighted by molar-refractivity contribution is 4.93. The molecule has 0 N–H and O–H groups in total. The molecule has 0 aromatic carbocycles. The van der Waals surface area contributed by atoms with Gasteiger partial charge in [-0.25, -0.2) is 0 Å². The van der Waals surface area contributed by atoms with Crippen molar-refractivity contribution >= 4 is 0 Å². The maximum Gasteiger partial charge on any atom is 0.00386 e. The van der Waals surface area contributed by atoms with Gasteiger partial charge in [-0.2, -0.15) is 0 Å². The first-order valence-corrected chi connectivity index (χ1v) is 7.47. The molecule has 0 unspecified atom stereocenters. The third-order valence-corrected chi connectivity index (χ3v) is 4.78. The molecule has 2 nitrogen and oxygen atoms in total. The standard InChI is InChI=1S/C15H30N2/c1-14-6-4-7-15(12-14)8-11-17(13-15)10-5-9-16(2)3/h14H,4-13H2,1-3H3/t14-,15+/m1/s1. The Labute approximate surface area is 107 Å². The van der Waals surface area contributed by atoms with E-state index in [4.69, 9.17) is 0 Å². The van der Waals surface area contributed by atoms with Crippen LogP contribution in [0.5, 0.6) is 0 Å². The van der Waals surface area contributed by atoms with Crippen LogP contribution in [0.15, 0.2) is 0 Å². The predicted octanol–water partition coefficient (Wildman–Crippen LogP) is 2.84. The van der Waals surface area contributed by atoms with Gasteiger partial charge in [0.05, 0.1) is 0 Å². The topological polar surface area (TPSA) is 6.48 Å². The summed E-state index contributed by atoms with van der Waals surface area (Å²) in [5.41, 5.74) is 0.718. The largest absolute Gasteiger partial charge is 0.309 e. The zero-order valence-electron chi connectivity index (χ0n) is 12.0. The molecule has 2 aliphatic rings. The highest BCUT2D eigenvalue weighted by Crippen LogP contribution is 2.45. The first kappa shape index (κ1) is 13.4. The molecule has 0 aromatic rings. The summed E-state index contributed by atoms with van der Waals surface area (Å²) < 4.78 is 0. The van der Waals surface area contributed by atoms with Crippen molar-refractivity contribution in [1.29, 1.82) is 0 Å². The van der Waals surface area contributed by atoms with Gasteiger partial charge in [0.15, 0.2) is 0 Å². The highest BCUT2D eigenvalue weighted by Gasteiger charge is 2.40. The molecular weight excluding hydrogens is 208 g/mol. The Balaban J connectivity index is 1.74. The summed E-state index contributed by atoms with van der Waals surface area (Å²) >= 11 is 0. The normalized spacial score (nSPS) is 34.9. The molecule has 0 bridgehead atoms. The van der Waals surface area contributed by atoms with E-state index in [1.165, 1.54) is 64.7 Å². The molecule has 0 radical (unpaired) electrons. The van der Waals surface area contributed by atoms with Gasteiger partial charge in [-0.3, -0.25) is 0 Å². The number of nitrogens with zero attached hydrogens (tertiary/aromatic N) is 2. The first-order valence-electron chi connectivity index (χ1n) is 7.47. The summed E-state index contributed by atoms with van der Waals surface area (Å²) in [7, 11) is 4.35. The van der Waals surface area contributed by atoms with Crippen molar-refractivity contribution in [2.24, 2.45) is 11.3 Å². The minimum absolute atomic E-state index is 0.718. The Morgan fingerprint density at radius 1 is 1.29 bits per heavy atom. The summed E-state index contributed by atoms with van der Waals surface area (Å²) in [6, 6.07) is 0. The van der Waals surface area contributed by atoms with E-state index in [0.717, 1.165) is 11.3 Å². The van der Waals surface area contributed by atoms with Gasteiger partial charge in [-0.05, 0) is 70.7 Å². The SMILES string of the molecule is C[C@@H]1CCC[C@]2(CCN(CCCN(C)C)C2)C1. The third-order valence-electron chi connectivity index (χ3n) is 4.78. The molecule has 17 heavy (non-hydrogen) atoms. The van der Waals surface area contributed by atoms with E-state index in [1.54, 1.807) is 0 Å². The Morgan fingerprint density at radius 3 is 2.82 bits per heavy atom. The molecule has 100 valence electrons. The molecule has 1 aliphatic carbocycles. The van der Waals surface area contributed by atoms with Crippen LogP contribution >= 0.6 is 0 Å². The number of likely N-dealkylation sites (tertiary alicyclic amines) is 1. The van der Waals surface area contributed by atoms with Crippen molar-refractivity contribution in [3.05, 3.63) is 0 Å². The van der Waals surface area contributed by atoms with Gasteiger partial charge in [0.1, 0.15) is 0 Å². The third kappa shape index (κ3) is 3.69. The molecule has 0 amide bonds. The maximum atomic E-state index is 2.72. The van der Waals surface area contributed by atoms with E-state index >= 15 is 0 Å². The molecule has 1 saturated carbocycles. The average Bonchev–Trinajstić information content (AvgIpc) is 2.60. The summed E-state index contributed by atoms with van der Waals surface area (Å²) in [6.07, 6.45) is 8.76. The second-order valence-corrected chi connectivity index (χ2v) is 6.88. The van der Waals surface area contributed by atoms with Crippen LogP contribution in [0, 0.1) is 11.3 Å². The fourth-order valence-corrected chi connectivity index (χ4v) is 3.97. The highest BCUT2D eigenvalue weighted by atomic mass is 15.2. The van der Waals surface area contributed by atoms with Gasteiger partial charge >= 0.3 is 0 Å². The Bertz CT molecular complexity index is 239. The van der Waals surface area contributed by atoms with Crippen LogP contribution in [0.1, 0.15) is 45.4 Å². The van der Waals surface area contributed by atoms with Gasteiger partial charge in [-0.1, -0.05) is 19.8 Å². The molecule has 1 aliphatic heterocycles. The number of hydrogen-bond acceptors (Lipinski definition) is 2. The molecule has 1 saturated heterocycles. The average molecular weight is 238 g/mol. The second kappa shape index (κ2) is 5.71. The predicted molar refractivity (Wildman–Crippen MR) is 74.3 cm³/mol. The van der Waals surface area contributed by atoms with Crippen LogP contribution in [-0.2, 0) is 0 Å². The van der Waals surface area contributed by atoms with E-state index in [-0.39, 0.29) is 0 Å². The molecular formula is C15H30N2. The number of rotatable bonds is 4. The van der Waals surface area contributed by atoms with Gasteiger partial charge in [0.25, 0.3) is 0 Å². The van der Waals surface area contributed by atoms with Crippen molar-refractivity contribution in [2.45, 2.75) is 45.4 Å². The van der Waals surface area contributed by atoms with Crippen LogP contribution in [0.3, 0.4) is 0 Å². The van der Waals surface area contributed by atoms with Crippen molar-refractivity contribution in [3.8, 4) is 0 Å². The molecule has 2 atom stereocenters. The number of hydrogen-bond donors (Lipinski definition) is 0. The first-order chi connectivity index (χ1) is 8.10.